The molecule has 2 heterocycles. The van der Waals surface area contributed by atoms with E-state index in [4.69, 9.17) is 0 Å². The third-order valence-corrected chi connectivity index (χ3v) is 6.75. The van der Waals surface area contributed by atoms with Crippen molar-refractivity contribution >= 4 is 28.4 Å². The van der Waals surface area contributed by atoms with E-state index in [0.29, 0.717) is 22.3 Å². The lowest BCUT2D eigenvalue weighted by atomic mass is 9.98. The SMILES string of the molecule is C[C@@H]1CCC[C@@H](C)N1C(=O)CSc1nnc(-c2cc3ccccc3cc2O)n1C. The van der Waals surface area contributed by atoms with Crippen molar-refractivity contribution in [3.8, 4) is 17.1 Å². The van der Waals surface area contributed by atoms with Crippen molar-refractivity contribution in [2.75, 3.05) is 5.75 Å². The lowest BCUT2D eigenvalue weighted by Crippen LogP contribution is -2.48. The number of benzene rings is 2. The van der Waals surface area contributed by atoms with Crippen LogP contribution in [0.3, 0.4) is 0 Å². The van der Waals surface area contributed by atoms with Crippen LogP contribution in [0.1, 0.15) is 33.1 Å². The van der Waals surface area contributed by atoms with Crippen molar-refractivity contribution in [1.29, 1.82) is 0 Å². The highest BCUT2D eigenvalue weighted by Gasteiger charge is 2.29. The zero-order valence-electron chi connectivity index (χ0n) is 17.0. The van der Waals surface area contributed by atoms with E-state index >= 15 is 0 Å². The fraction of sp³-hybridized carbons (Fsp3) is 0.409. The minimum atomic E-state index is 0.146. The first-order valence-corrected chi connectivity index (χ1v) is 11.0. The molecule has 1 aliphatic rings. The molecule has 0 aliphatic carbocycles. The van der Waals surface area contributed by atoms with Crippen LogP contribution in [0.2, 0.25) is 0 Å². The average molecular weight is 411 g/mol. The fourth-order valence-electron chi connectivity index (χ4n) is 4.20. The number of likely N-dealkylation sites (tertiary alicyclic amines) is 1. The third kappa shape index (κ3) is 3.83. The van der Waals surface area contributed by atoms with Gasteiger partial charge in [-0.15, -0.1) is 10.2 Å². The molecule has 1 fully saturated rings. The highest BCUT2D eigenvalue weighted by atomic mass is 32.2. The van der Waals surface area contributed by atoms with Crippen molar-refractivity contribution < 1.29 is 9.90 Å². The first-order chi connectivity index (χ1) is 14.0. The van der Waals surface area contributed by atoms with Crippen LogP contribution in [0, 0.1) is 0 Å². The van der Waals surface area contributed by atoms with E-state index in [1.165, 1.54) is 18.2 Å². The molecule has 29 heavy (non-hydrogen) atoms. The van der Waals surface area contributed by atoms with E-state index < -0.39 is 0 Å². The number of phenolic OH excluding ortho intramolecular Hbond substituents is 1. The number of rotatable bonds is 4. The van der Waals surface area contributed by atoms with E-state index in [0.717, 1.165) is 23.6 Å². The lowest BCUT2D eigenvalue weighted by molar-refractivity contribution is -0.134. The summed E-state index contributed by atoms with van der Waals surface area (Å²) < 4.78 is 1.84. The smallest absolute Gasteiger partial charge is 0.233 e. The van der Waals surface area contributed by atoms with Gasteiger partial charge < -0.3 is 14.6 Å². The summed E-state index contributed by atoms with van der Waals surface area (Å²) in [4.78, 5) is 14.8. The topological polar surface area (TPSA) is 71.2 Å². The quantitative estimate of drug-likeness (QED) is 0.652. The van der Waals surface area contributed by atoms with Gasteiger partial charge in [-0.3, -0.25) is 4.79 Å². The van der Waals surface area contributed by atoms with Gasteiger partial charge in [-0.1, -0.05) is 36.0 Å². The standard InChI is InChI=1S/C22H26N4O2S/c1-14-7-6-8-15(2)26(14)20(28)13-29-22-24-23-21(25(22)3)18-11-16-9-4-5-10-17(16)12-19(18)27/h4-5,9-12,14-15,27H,6-8,13H2,1-3H3/t14-,15-/m1/s1. The van der Waals surface area contributed by atoms with Gasteiger partial charge in [-0.25, -0.2) is 0 Å². The predicted molar refractivity (Wildman–Crippen MR) is 116 cm³/mol. The predicted octanol–water partition coefficient (Wildman–Crippen LogP) is 4.22. The minimum absolute atomic E-state index is 0.146. The number of amides is 1. The van der Waals surface area contributed by atoms with Crippen molar-refractivity contribution in [1.82, 2.24) is 19.7 Å². The first kappa shape index (κ1) is 19.8. The van der Waals surface area contributed by atoms with Crippen LogP contribution in [0.4, 0.5) is 0 Å². The van der Waals surface area contributed by atoms with Crippen LogP contribution in [0.5, 0.6) is 5.75 Å². The normalized spacial score (nSPS) is 19.6. The summed E-state index contributed by atoms with van der Waals surface area (Å²) in [7, 11) is 1.86. The highest BCUT2D eigenvalue weighted by Crippen LogP contribution is 2.33. The Balaban J connectivity index is 1.53. The van der Waals surface area contributed by atoms with Crippen molar-refractivity contribution in [3.63, 3.8) is 0 Å². The Labute approximate surface area is 174 Å². The second kappa shape index (κ2) is 8.06. The van der Waals surface area contributed by atoms with E-state index in [-0.39, 0.29) is 23.7 Å². The summed E-state index contributed by atoms with van der Waals surface area (Å²) in [5.41, 5.74) is 0.634. The van der Waals surface area contributed by atoms with Crippen LogP contribution in [0.25, 0.3) is 22.2 Å². The van der Waals surface area contributed by atoms with Crippen LogP contribution in [0.15, 0.2) is 41.6 Å². The largest absolute Gasteiger partial charge is 0.507 e. The second-order valence-electron chi connectivity index (χ2n) is 7.80. The van der Waals surface area contributed by atoms with Crippen LogP contribution in [-0.4, -0.2) is 48.5 Å². The number of carbonyl (C=O) groups excluding carboxylic acids is 1. The van der Waals surface area contributed by atoms with E-state index in [2.05, 4.69) is 24.0 Å². The number of nitrogens with zero attached hydrogens (tertiary/aromatic N) is 4. The zero-order valence-corrected chi connectivity index (χ0v) is 17.8. The number of phenols is 1. The highest BCUT2D eigenvalue weighted by molar-refractivity contribution is 7.99. The Morgan fingerprint density at radius 1 is 1.14 bits per heavy atom. The molecule has 0 radical (unpaired) electrons. The summed E-state index contributed by atoms with van der Waals surface area (Å²) in [5, 5.41) is 21.7. The van der Waals surface area contributed by atoms with E-state index in [9.17, 15) is 9.90 Å². The summed E-state index contributed by atoms with van der Waals surface area (Å²) in [6, 6.07) is 12.1. The maximum absolute atomic E-state index is 12.8. The number of thioether (sulfide) groups is 1. The summed E-state index contributed by atoms with van der Waals surface area (Å²) in [5.74, 6) is 1.24. The molecule has 1 saturated heterocycles. The van der Waals surface area contributed by atoms with Gasteiger partial charge in [0.1, 0.15) is 5.75 Å². The maximum Gasteiger partial charge on any atom is 0.233 e. The molecule has 4 rings (SSSR count). The van der Waals surface area contributed by atoms with Crippen molar-refractivity contribution in [2.24, 2.45) is 7.05 Å². The van der Waals surface area contributed by atoms with Crippen LogP contribution in [-0.2, 0) is 11.8 Å². The summed E-state index contributed by atoms with van der Waals surface area (Å²) in [6.45, 7) is 4.25. The van der Waals surface area contributed by atoms with Gasteiger partial charge in [0.25, 0.3) is 0 Å². The number of hydrogen-bond acceptors (Lipinski definition) is 5. The number of piperidine rings is 1. The number of carbonyl (C=O) groups is 1. The van der Waals surface area contributed by atoms with Crippen molar-refractivity contribution in [3.05, 3.63) is 36.4 Å². The minimum Gasteiger partial charge on any atom is -0.507 e. The molecule has 7 heteroatoms. The van der Waals surface area contributed by atoms with Gasteiger partial charge in [0, 0.05) is 19.1 Å². The van der Waals surface area contributed by atoms with Crippen molar-refractivity contribution in [2.45, 2.75) is 50.4 Å². The van der Waals surface area contributed by atoms with Crippen LogP contribution < -0.4 is 0 Å². The molecule has 1 N–H and O–H groups in total. The number of fused-ring (bicyclic) bond motifs is 1. The third-order valence-electron chi connectivity index (χ3n) is 5.75. The fourth-order valence-corrected chi connectivity index (χ4v) is 4.98. The molecule has 0 spiro atoms. The van der Waals surface area contributed by atoms with Gasteiger partial charge in [-0.2, -0.15) is 0 Å². The maximum atomic E-state index is 12.8. The summed E-state index contributed by atoms with van der Waals surface area (Å²) in [6.07, 6.45) is 3.31. The van der Waals surface area contributed by atoms with Gasteiger partial charge in [0.05, 0.1) is 11.3 Å². The van der Waals surface area contributed by atoms with E-state index in [1.54, 1.807) is 6.07 Å². The molecule has 1 aliphatic heterocycles. The molecular formula is C22H26N4O2S. The second-order valence-corrected chi connectivity index (χ2v) is 8.74. The van der Waals surface area contributed by atoms with Gasteiger partial charge in [0.15, 0.2) is 11.0 Å². The zero-order chi connectivity index (χ0) is 20.5. The monoisotopic (exact) mass is 410 g/mol. The van der Waals surface area contributed by atoms with E-state index in [1.807, 2.05) is 46.8 Å². The molecule has 6 nitrogen and oxygen atoms in total. The molecule has 3 aromatic rings. The molecule has 2 atom stereocenters. The molecule has 0 bridgehead atoms. The van der Waals surface area contributed by atoms with Gasteiger partial charge in [0.2, 0.25) is 5.91 Å². The molecule has 1 aromatic heterocycles. The van der Waals surface area contributed by atoms with Gasteiger partial charge >= 0.3 is 0 Å². The molecule has 1 amide bonds. The first-order valence-electron chi connectivity index (χ1n) is 10.0. The molecule has 2 aromatic carbocycles. The Bertz CT molecular complexity index is 1040. The Hall–Kier alpha value is -2.54. The average Bonchev–Trinajstić information content (AvgIpc) is 3.06. The lowest BCUT2D eigenvalue weighted by Gasteiger charge is -2.39. The molecule has 152 valence electrons. The number of aromatic nitrogens is 3. The Morgan fingerprint density at radius 2 is 1.79 bits per heavy atom. The molecule has 0 unspecified atom stereocenters. The summed E-state index contributed by atoms with van der Waals surface area (Å²) >= 11 is 1.39. The molecule has 0 saturated carbocycles. The Morgan fingerprint density at radius 3 is 2.48 bits per heavy atom. The Kier molecular flexibility index (Phi) is 5.50. The van der Waals surface area contributed by atoms with Crippen LogP contribution >= 0.6 is 11.8 Å². The number of aromatic hydroxyl groups is 1. The number of hydrogen-bond donors (Lipinski definition) is 1. The molecular weight excluding hydrogens is 384 g/mol. The van der Waals surface area contributed by atoms with Gasteiger partial charge in [-0.05, 0) is 56.0 Å².